The summed E-state index contributed by atoms with van der Waals surface area (Å²) in [5.74, 6) is 0.635. The third-order valence-corrected chi connectivity index (χ3v) is 4.93. The molecule has 0 unspecified atom stereocenters. The number of rotatable bonds is 4. The Bertz CT molecular complexity index is 1060. The predicted molar refractivity (Wildman–Crippen MR) is 98.9 cm³/mol. The van der Waals surface area contributed by atoms with Gasteiger partial charge in [0.25, 0.3) is 5.56 Å². The molecule has 4 rings (SSSR count). The molecule has 0 saturated carbocycles. The molecule has 27 heavy (non-hydrogen) atoms. The van der Waals surface area contributed by atoms with Gasteiger partial charge in [-0.3, -0.25) is 9.59 Å². The summed E-state index contributed by atoms with van der Waals surface area (Å²) < 4.78 is 2.77. The fourth-order valence-electron chi connectivity index (χ4n) is 3.16. The minimum absolute atomic E-state index is 0.000332. The third-order valence-electron chi connectivity index (χ3n) is 4.57. The molecule has 0 fully saturated rings. The Morgan fingerprint density at radius 2 is 1.96 bits per heavy atom. The van der Waals surface area contributed by atoms with Gasteiger partial charge in [0, 0.05) is 18.7 Å². The fraction of sp³-hybridized carbons (Fsp3) is 0.222. The number of anilines is 1. The van der Waals surface area contributed by atoms with Crippen LogP contribution in [0.3, 0.4) is 0 Å². The third kappa shape index (κ3) is 3.02. The van der Waals surface area contributed by atoms with Gasteiger partial charge in [0.1, 0.15) is 23.3 Å². The standard InChI is InChI=1S/C18H16ClN5O3/c19-16-13(9-21-24(11-25)18(16)27)22-6-7-23-14(8-20-15(23)10-22)17(26)12-4-2-1-3-5-12/h1-5,8-9,25H,6-7,10-11H2. The molecule has 0 amide bonds. The second-order valence-corrected chi connectivity index (χ2v) is 6.50. The number of nitrogens with zero attached hydrogens (tertiary/aromatic N) is 5. The number of aliphatic hydroxyl groups excluding tert-OH is 1. The number of hydrogen-bond acceptors (Lipinski definition) is 6. The highest BCUT2D eigenvalue weighted by atomic mass is 35.5. The van der Waals surface area contributed by atoms with Gasteiger partial charge in [-0.15, -0.1) is 0 Å². The zero-order valence-electron chi connectivity index (χ0n) is 14.2. The predicted octanol–water partition coefficient (Wildman–Crippen LogP) is 1.29. The number of carbonyl (C=O) groups is 1. The Morgan fingerprint density at radius 3 is 2.70 bits per heavy atom. The van der Waals surface area contributed by atoms with Crippen molar-refractivity contribution in [1.29, 1.82) is 0 Å². The van der Waals surface area contributed by atoms with E-state index in [4.69, 9.17) is 16.7 Å². The van der Waals surface area contributed by atoms with E-state index in [1.54, 1.807) is 18.3 Å². The zero-order valence-corrected chi connectivity index (χ0v) is 15.0. The maximum Gasteiger partial charge on any atom is 0.289 e. The molecule has 1 aliphatic rings. The molecule has 3 aromatic rings. The molecule has 0 bridgehead atoms. The summed E-state index contributed by atoms with van der Waals surface area (Å²) in [6.45, 7) is 0.936. The van der Waals surface area contributed by atoms with Crippen LogP contribution in [0.4, 0.5) is 5.69 Å². The van der Waals surface area contributed by atoms with Crippen LogP contribution in [0.5, 0.6) is 0 Å². The van der Waals surface area contributed by atoms with E-state index >= 15 is 0 Å². The molecule has 3 heterocycles. The minimum Gasteiger partial charge on any atom is -0.374 e. The van der Waals surface area contributed by atoms with Gasteiger partial charge in [-0.1, -0.05) is 41.9 Å². The lowest BCUT2D eigenvalue weighted by atomic mass is 10.1. The molecule has 0 aliphatic carbocycles. The Morgan fingerprint density at radius 1 is 1.19 bits per heavy atom. The molecule has 0 radical (unpaired) electrons. The molecule has 0 atom stereocenters. The van der Waals surface area contributed by atoms with Crippen molar-refractivity contribution in [3.05, 3.63) is 75.2 Å². The summed E-state index contributed by atoms with van der Waals surface area (Å²) in [7, 11) is 0. The number of halogens is 1. The van der Waals surface area contributed by atoms with Crippen molar-refractivity contribution < 1.29 is 9.90 Å². The van der Waals surface area contributed by atoms with Crippen molar-refractivity contribution in [3.63, 3.8) is 0 Å². The number of aromatic nitrogens is 4. The second-order valence-electron chi connectivity index (χ2n) is 6.12. The van der Waals surface area contributed by atoms with Gasteiger partial charge in [-0.05, 0) is 0 Å². The topological polar surface area (TPSA) is 93.2 Å². The fourth-order valence-corrected chi connectivity index (χ4v) is 3.43. The number of aliphatic hydroxyl groups is 1. The van der Waals surface area contributed by atoms with Gasteiger partial charge >= 0.3 is 0 Å². The van der Waals surface area contributed by atoms with Gasteiger partial charge in [-0.25, -0.2) is 9.67 Å². The molecule has 0 spiro atoms. The smallest absolute Gasteiger partial charge is 0.289 e. The molecule has 1 aromatic carbocycles. The number of imidazole rings is 1. The van der Waals surface area contributed by atoms with E-state index in [9.17, 15) is 9.59 Å². The van der Waals surface area contributed by atoms with E-state index in [-0.39, 0.29) is 10.8 Å². The first kappa shape index (κ1) is 17.4. The average molecular weight is 386 g/mol. The van der Waals surface area contributed by atoms with Crippen LogP contribution in [0, 0.1) is 0 Å². The Kier molecular flexibility index (Phi) is 4.51. The molecule has 9 heteroatoms. The van der Waals surface area contributed by atoms with Crippen molar-refractivity contribution in [2.75, 3.05) is 11.4 Å². The first-order valence-electron chi connectivity index (χ1n) is 8.35. The maximum atomic E-state index is 12.7. The highest BCUT2D eigenvalue weighted by Gasteiger charge is 2.25. The maximum absolute atomic E-state index is 12.7. The van der Waals surface area contributed by atoms with Crippen molar-refractivity contribution in [3.8, 4) is 0 Å². The van der Waals surface area contributed by atoms with Crippen molar-refractivity contribution in [2.24, 2.45) is 0 Å². The van der Waals surface area contributed by atoms with Gasteiger partial charge in [0.15, 0.2) is 0 Å². The van der Waals surface area contributed by atoms with E-state index in [1.165, 1.54) is 6.20 Å². The van der Waals surface area contributed by atoms with Crippen LogP contribution in [0.25, 0.3) is 0 Å². The van der Waals surface area contributed by atoms with Crippen LogP contribution < -0.4 is 10.5 Å². The summed E-state index contributed by atoms with van der Waals surface area (Å²) in [6.07, 6.45) is 3.03. The summed E-state index contributed by atoms with van der Waals surface area (Å²) in [4.78, 5) is 31.1. The lowest BCUT2D eigenvalue weighted by Gasteiger charge is -2.30. The molecule has 0 saturated heterocycles. The first-order chi connectivity index (χ1) is 13.1. The van der Waals surface area contributed by atoms with E-state index in [2.05, 4.69) is 10.1 Å². The van der Waals surface area contributed by atoms with Crippen LogP contribution in [-0.4, -0.2) is 36.8 Å². The van der Waals surface area contributed by atoms with Gasteiger partial charge in [0.2, 0.25) is 5.78 Å². The van der Waals surface area contributed by atoms with Crippen LogP contribution in [-0.2, 0) is 19.8 Å². The molecule has 2 aromatic heterocycles. The monoisotopic (exact) mass is 385 g/mol. The van der Waals surface area contributed by atoms with Crippen LogP contribution in [0.2, 0.25) is 5.02 Å². The van der Waals surface area contributed by atoms with Crippen LogP contribution >= 0.6 is 11.6 Å². The SMILES string of the molecule is O=C(c1ccccc1)c1cnc2n1CCN(c1cnn(CO)c(=O)c1Cl)C2. The number of benzene rings is 1. The van der Waals surface area contributed by atoms with E-state index in [1.807, 2.05) is 27.7 Å². The van der Waals surface area contributed by atoms with Crippen molar-refractivity contribution >= 4 is 23.1 Å². The van der Waals surface area contributed by atoms with Gasteiger partial charge in [-0.2, -0.15) is 5.10 Å². The number of carbonyl (C=O) groups excluding carboxylic acids is 1. The molecular formula is C18H16ClN5O3. The summed E-state index contributed by atoms with van der Waals surface area (Å²) in [5, 5.41) is 13.0. The Balaban J connectivity index is 1.63. The van der Waals surface area contributed by atoms with E-state index in [0.29, 0.717) is 42.4 Å². The molecule has 8 nitrogen and oxygen atoms in total. The first-order valence-corrected chi connectivity index (χ1v) is 8.73. The van der Waals surface area contributed by atoms with E-state index in [0.717, 1.165) is 4.68 Å². The summed E-state index contributed by atoms with van der Waals surface area (Å²) in [6, 6.07) is 9.07. The highest BCUT2D eigenvalue weighted by molar-refractivity contribution is 6.33. The van der Waals surface area contributed by atoms with Crippen LogP contribution in [0.1, 0.15) is 21.9 Å². The normalized spacial score (nSPS) is 13.5. The molecular weight excluding hydrogens is 370 g/mol. The van der Waals surface area contributed by atoms with Crippen molar-refractivity contribution in [2.45, 2.75) is 19.8 Å². The average Bonchev–Trinajstić information content (AvgIpc) is 3.13. The van der Waals surface area contributed by atoms with Crippen LogP contribution in [0.15, 0.2) is 47.5 Å². The van der Waals surface area contributed by atoms with Gasteiger partial charge in [0.05, 0.1) is 24.6 Å². The summed E-state index contributed by atoms with van der Waals surface area (Å²) in [5.41, 5.74) is 1.08. The number of hydrogen-bond donors (Lipinski definition) is 1. The Labute approximate surface area is 159 Å². The molecule has 138 valence electrons. The second kappa shape index (κ2) is 6.98. The van der Waals surface area contributed by atoms with E-state index < -0.39 is 12.3 Å². The van der Waals surface area contributed by atoms with Crippen molar-refractivity contribution in [1.82, 2.24) is 19.3 Å². The number of fused-ring (bicyclic) bond motifs is 1. The quantitative estimate of drug-likeness (QED) is 0.680. The minimum atomic E-state index is -0.550. The lowest BCUT2D eigenvalue weighted by molar-refractivity contribution is 0.102. The Hall–Kier alpha value is -2.97. The van der Waals surface area contributed by atoms with Gasteiger partial charge < -0.3 is 14.6 Å². The number of ketones is 1. The molecule has 1 aliphatic heterocycles. The summed E-state index contributed by atoms with van der Waals surface area (Å²) >= 11 is 6.17. The largest absolute Gasteiger partial charge is 0.374 e. The zero-order chi connectivity index (χ0) is 19.0. The lowest BCUT2D eigenvalue weighted by Crippen LogP contribution is -2.36. The molecule has 1 N–H and O–H groups in total. The highest BCUT2D eigenvalue weighted by Crippen LogP contribution is 2.26.